The number of rotatable bonds is 3. The van der Waals surface area contributed by atoms with Gasteiger partial charge in [0.1, 0.15) is 0 Å². The van der Waals surface area contributed by atoms with Crippen molar-refractivity contribution in [2.45, 2.75) is 13.5 Å². The van der Waals surface area contributed by atoms with E-state index in [1.807, 2.05) is 49.5 Å². The van der Waals surface area contributed by atoms with Gasteiger partial charge >= 0.3 is 0 Å². The van der Waals surface area contributed by atoms with Crippen LogP contribution in [0.5, 0.6) is 0 Å². The lowest BCUT2D eigenvalue weighted by Gasteiger charge is -2.05. The monoisotopic (exact) mass is 271 g/mol. The summed E-state index contributed by atoms with van der Waals surface area (Å²) in [7, 11) is 0. The van der Waals surface area contributed by atoms with Gasteiger partial charge < -0.3 is 10.3 Å². The van der Waals surface area contributed by atoms with Crippen molar-refractivity contribution in [1.82, 2.24) is 9.97 Å². The number of fused-ring (bicyclic) bond motifs is 1. The largest absolute Gasteiger partial charge is 0.378 e. The number of aromatic nitrogens is 2. The fourth-order valence-corrected chi connectivity index (χ4v) is 2.33. The Bertz CT molecular complexity index is 701. The second kappa shape index (κ2) is 4.94. The molecule has 96 valence electrons. The molecule has 0 aliphatic rings. The van der Waals surface area contributed by atoms with E-state index in [9.17, 15) is 0 Å². The number of hydrogen-bond acceptors (Lipinski definition) is 2. The standard InChI is InChI=1S/C15H14ClN3/c1-10-6-7-11(8-17-10)18-9-14-15(16)12-4-2-3-5-13(12)19-14/h2-8,18-19H,9H2,1H3. The number of aryl methyl sites for hydroxylation is 1. The lowest BCUT2D eigenvalue weighted by atomic mass is 10.2. The van der Waals surface area contributed by atoms with E-state index in [4.69, 9.17) is 11.6 Å². The Morgan fingerprint density at radius 3 is 2.79 bits per heavy atom. The average Bonchev–Trinajstić information content (AvgIpc) is 2.76. The van der Waals surface area contributed by atoms with Gasteiger partial charge in [-0.05, 0) is 25.1 Å². The third-order valence-electron chi connectivity index (χ3n) is 3.09. The third-order valence-corrected chi connectivity index (χ3v) is 3.53. The predicted octanol–water partition coefficient (Wildman–Crippen LogP) is 4.14. The number of nitrogens with one attached hydrogen (secondary N) is 2. The quantitative estimate of drug-likeness (QED) is 0.752. The summed E-state index contributed by atoms with van der Waals surface area (Å²) in [6, 6.07) is 12.0. The first kappa shape index (κ1) is 12.1. The average molecular weight is 272 g/mol. The molecule has 0 fully saturated rings. The lowest BCUT2D eigenvalue weighted by molar-refractivity contribution is 1.07. The number of anilines is 1. The fraction of sp³-hybridized carbons (Fsp3) is 0.133. The summed E-state index contributed by atoms with van der Waals surface area (Å²) in [4.78, 5) is 7.58. The van der Waals surface area contributed by atoms with Gasteiger partial charge in [0.2, 0.25) is 0 Å². The Morgan fingerprint density at radius 2 is 2.05 bits per heavy atom. The molecule has 0 aliphatic carbocycles. The van der Waals surface area contributed by atoms with Crippen LogP contribution in [0.25, 0.3) is 10.9 Å². The van der Waals surface area contributed by atoms with Crippen molar-refractivity contribution < 1.29 is 0 Å². The molecule has 0 aliphatic heterocycles. The number of para-hydroxylation sites is 1. The van der Waals surface area contributed by atoms with Gasteiger partial charge in [-0.15, -0.1) is 0 Å². The number of H-pyrrole nitrogens is 1. The summed E-state index contributed by atoms with van der Waals surface area (Å²) >= 11 is 6.36. The van der Waals surface area contributed by atoms with Crippen LogP contribution in [0.2, 0.25) is 5.02 Å². The van der Waals surface area contributed by atoms with Crippen LogP contribution in [0.4, 0.5) is 5.69 Å². The molecule has 2 aromatic heterocycles. The summed E-state index contributed by atoms with van der Waals surface area (Å²) in [5.74, 6) is 0. The van der Waals surface area contributed by atoms with Gasteiger partial charge in [0, 0.05) is 16.6 Å². The van der Waals surface area contributed by atoms with E-state index < -0.39 is 0 Å². The second-order valence-corrected chi connectivity index (χ2v) is 4.88. The Kier molecular flexibility index (Phi) is 3.13. The van der Waals surface area contributed by atoms with Crippen LogP contribution in [0, 0.1) is 6.92 Å². The molecule has 0 saturated heterocycles. The van der Waals surface area contributed by atoms with Gasteiger partial charge in [-0.1, -0.05) is 29.8 Å². The molecule has 3 aromatic rings. The van der Waals surface area contributed by atoms with Crippen LogP contribution >= 0.6 is 11.6 Å². The number of pyridine rings is 1. The van der Waals surface area contributed by atoms with Gasteiger partial charge in [-0.25, -0.2) is 0 Å². The van der Waals surface area contributed by atoms with Crippen molar-refractivity contribution in [3.8, 4) is 0 Å². The highest BCUT2D eigenvalue weighted by molar-refractivity contribution is 6.36. The molecular weight excluding hydrogens is 258 g/mol. The van der Waals surface area contributed by atoms with E-state index in [0.717, 1.165) is 33.0 Å². The molecule has 3 nitrogen and oxygen atoms in total. The lowest BCUT2D eigenvalue weighted by Crippen LogP contribution is -2.00. The van der Waals surface area contributed by atoms with Gasteiger partial charge in [0.15, 0.2) is 0 Å². The first-order valence-electron chi connectivity index (χ1n) is 6.15. The van der Waals surface area contributed by atoms with E-state index in [1.54, 1.807) is 0 Å². The molecule has 1 aromatic carbocycles. The van der Waals surface area contributed by atoms with E-state index in [-0.39, 0.29) is 0 Å². The minimum absolute atomic E-state index is 0.651. The van der Waals surface area contributed by atoms with Crippen LogP contribution in [-0.4, -0.2) is 9.97 Å². The molecule has 4 heteroatoms. The Hall–Kier alpha value is -2.00. The van der Waals surface area contributed by atoms with Crippen molar-refractivity contribution in [3.63, 3.8) is 0 Å². The summed E-state index contributed by atoms with van der Waals surface area (Å²) in [5.41, 5.74) is 4.05. The summed E-state index contributed by atoms with van der Waals surface area (Å²) in [6.07, 6.45) is 1.83. The molecule has 0 radical (unpaired) electrons. The molecule has 2 heterocycles. The molecule has 0 amide bonds. The van der Waals surface area contributed by atoms with Crippen LogP contribution in [-0.2, 0) is 6.54 Å². The zero-order valence-electron chi connectivity index (χ0n) is 10.6. The third kappa shape index (κ3) is 2.42. The SMILES string of the molecule is Cc1ccc(NCc2[nH]c3ccccc3c2Cl)cn1. The maximum atomic E-state index is 6.36. The Labute approximate surface area is 116 Å². The van der Waals surface area contributed by atoms with Gasteiger partial charge in [0.05, 0.1) is 29.1 Å². The van der Waals surface area contributed by atoms with Crippen molar-refractivity contribution in [1.29, 1.82) is 0 Å². The first-order chi connectivity index (χ1) is 9.24. The van der Waals surface area contributed by atoms with Crippen LogP contribution in [0.1, 0.15) is 11.4 Å². The smallest absolute Gasteiger partial charge is 0.0710 e. The van der Waals surface area contributed by atoms with Crippen LogP contribution < -0.4 is 5.32 Å². The molecule has 0 spiro atoms. The van der Waals surface area contributed by atoms with Gasteiger partial charge in [-0.2, -0.15) is 0 Å². The minimum Gasteiger partial charge on any atom is -0.378 e. The van der Waals surface area contributed by atoms with Gasteiger partial charge in [0.25, 0.3) is 0 Å². The Balaban J connectivity index is 1.82. The summed E-state index contributed by atoms with van der Waals surface area (Å²) in [5, 5.41) is 5.15. The highest BCUT2D eigenvalue weighted by atomic mass is 35.5. The normalized spacial score (nSPS) is 10.8. The number of hydrogen-bond donors (Lipinski definition) is 2. The topological polar surface area (TPSA) is 40.7 Å². The maximum Gasteiger partial charge on any atom is 0.0710 e. The summed E-state index contributed by atoms with van der Waals surface area (Å²) in [6.45, 7) is 2.62. The number of aromatic amines is 1. The van der Waals surface area contributed by atoms with E-state index >= 15 is 0 Å². The van der Waals surface area contributed by atoms with Crippen molar-refractivity contribution in [2.24, 2.45) is 0 Å². The molecule has 0 unspecified atom stereocenters. The second-order valence-electron chi connectivity index (χ2n) is 4.50. The number of benzene rings is 1. The molecule has 0 bridgehead atoms. The van der Waals surface area contributed by atoms with E-state index in [1.165, 1.54) is 0 Å². The Morgan fingerprint density at radius 1 is 1.21 bits per heavy atom. The van der Waals surface area contributed by atoms with Crippen LogP contribution in [0.15, 0.2) is 42.6 Å². The molecule has 19 heavy (non-hydrogen) atoms. The van der Waals surface area contributed by atoms with Crippen molar-refractivity contribution in [3.05, 3.63) is 59.0 Å². The fourth-order valence-electron chi connectivity index (χ4n) is 2.05. The highest BCUT2D eigenvalue weighted by Gasteiger charge is 2.08. The maximum absolute atomic E-state index is 6.36. The minimum atomic E-state index is 0.651. The first-order valence-corrected chi connectivity index (χ1v) is 6.53. The number of nitrogens with zero attached hydrogens (tertiary/aromatic N) is 1. The highest BCUT2D eigenvalue weighted by Crippen LogP contribution is 2.27. The molecule has 3 rings (SSSR count). The van der Waals surface area contributed by atoms with Crippen LogP contribution in [0.3, 0.4) is 0 Å². The number of halogens is 1. The predicted molar refractivity (Wildman–Crippen MR) is 79.6 cm³/mol. The van der Waals surface area contributed by atoms with E-state index in [0.29, 0.717) is 6.54 Å². The zero-order chi connectivity index (χ0) is 13.2. The van der Waals surface area contributed by atoms with E-state index in [2.05, 4.69) is 15.3 Å². The zero-order valence-corrected chi connectivity index (χ0v) is 11.3. The van der Waals surface area contributed by atoms with Crippen molar-refractivity contribution >= 4 is 28.2 Å². The summed E-state index contributed by atoms with van der Waals surface area (Å²) < 4.78 is 0. The molecule has 0 saturated carbocycles. The molecule has 0 atom stereocenters. The molecule has 2 N–H and O–H groups in total. The van der Waals surface area contributed by atoms with Gasteiger partial charge in [-0.3, -0.25) is 4.98 Å². The van der Waals surface area contributed by atoms with Crippen molar-refractivity contribution in [2.75, 3.05) is 5.32 Å². The molecular formula is C15H14ClN3.